The Morgan fingerprint density at radius 3 is 2.93 bits per heavy atom. The average Bonchev–Trinajstić information content (AvgIpc) is 2.16. The maximum Gasteiger partial charge on any atom is 0.148 e. The van der Waals surface area contributed by atoms with Gasteiger partial charge in [-0.15, -0.1) is 6.42 Å². The number of hydrogen-bond acceptors (Lipinski definition) is 2. The van der Waals surface area contributed by atoms with E-state index in [2.05, 4.69) is 21.9 Å². The molecule has 0 aliphatic heterocycles. The third kappa shape index (κ3) is 3.94. The third-order valence-corrected chi connectivity index (χ3v) is 2.37. The van der Waals surface area contributed by atoms with Gasteiger partial charge >= 0.3 is 0 Å². The van der Waals surface area contributed by atoms with Crippen LogP contribution in [0.25, 0.3) is 0 Å². The van der Waals surface area contributed by atoms with Crippen LogP contribution in [0.3, 0.4) is 0 Å². The largest absolute Gasteiger partial charge is 0.481 e. The maximum absolute atomic E-state index is 5.76. The quantitative estimate of drug-likeness (QED) is 0.851. The normalized spacial score (nSPS) is 11.9. The smallest absolute Gasteiger partial charge is 0.148 e. The lowest BCUT2D eigenvalue weighted by Gasteiger charge is -2.12. The summed E-state index contributed by atoms with van der Waals surface area (Å²) < 4.78 is 6.45. The fourth-order valence-corrected chi connectivity index (χ4v) is 1.72. The molecule has 15 heavy (non-hydrogen) atoms. The molecule has 3 heteroatoms. The first-order valence-corrected chi connectivity index (χ1v) is 5.53. The molecule has 0 spiro atoms. The second-order valence-corrected chi connectivity index (χ2v) is 4.34. The monoisotopic (exact) mass is 267 g/mol. The van der Waals surface area contributed by atoms with Crippen LogP contribution in [-0.2, 0) is 6.42 Å². The van der Waals surface area contributed by atoms with Crippen LogP contribution < -0.4 is 10.5 Å². The minimum absolute atomic E-state index is 0.104. The molecule has 1 rings (SSSR count). The number of hydrogen-bond donors (Lipinski definition) is 1. The Balaban J connectivity index is 2.88. The molecule has 1 aromatic carbocycles. The predicted octanol–water partition coefficient (Wildman–Crippen LogP) is 2.35. The van der Waals surface area contributed by atoms with Gasteiger partial charge in [-0.3, -0.25) is 0 Å². The van der Waals surface area contributed by atoms with Crippen LogP contribution >= 0.6 is 15.9 Å². The Morgan fingerprint density at radius 1 is 1.60 bits per heavy atom. The van der Waals surface area contributed by atoms with Crippen LogP contribution in [0, 0.1) is 12.3 Å². The molecule has 0 aliphatic carbocycles. The molecule has 1 unspecified atom stereocenters. The minimum Gasteiger partial charge on any atom is -0.481 e. The van der Waals surface area contributed by atoms with Crippen LogP contribution in [0.2, 0.25) is 0 Å². The van der Waals surface area contributed by atoms with Gasteiger partial charge in [-0.2, -0.15) is 0 Å². The molecule has 0 amide bonds. The Bertz CT molecular complexity index is 368. The van der Waals surface area contributed by atoms with Crippen molar-refractivity contribution in [3.8, 4) is 18.1 Å². The molecule has 0 heterocycles. The lowest BCUT2D eigenvalue weighted by molar-refractivity contribution is 0.365. The Hall–Kier alpha value is -0.980. The molecule has 2 nitrogen and oxygen atoms in total. The van der Waals surface area contributed by atoms with E-state index in [4.69, 9.17) is 16.9 Å². The second kappa shape index (κ2) is 5.79. The van der Waals surface area contributed by atoms with Gasteiger partial charge in [-0.25, -0.2) is 0 Å². The summed E-state index contributed by atoms with van der Waals surface area (Å²) in [5, 5.41) is 0. The van der Waals surface area contributed by atoms with Crippen LogP contribution in [0.15, 0.2) is 22.7 Å². The Morgan fingerprint density at radius 2 is 2.33 bits per heavy atom. The van der Waals surface area contributed by atoms with Gasteiger partial charge in [-0.1, -0.05) is 21.9 Å². The first-order chi connectivity index (χ1) is 7.13. The zero-order valence-electron chi connectivity index (χ0n) is 8.66. The SMILES string of the molecule is C#CCOc1ccc(Br)cc1CC(C)N. The number of ether oxygens (including phenoxy) is 1. The standard InChI is InChI=1S/C12H14BrNO/c1-3-6-15-12-5-4-11(13)8-10(12)7-9(2)14/h1,4-5,8-9H,6-7,14H2,2H3. The fraction of sp³-hybridized carbons (Fsp3) is 0.333. The fourth-order valence-electron chi connectivity index (χ4n) is 1.31. The number of terminal acetylenes is 1. The van der Waals surface area contributed by atoms with E-state index < -0.39 is 0 Å². The molecular formula is C12H14BrNO. The van der Waals surface area contributed by atoms with Crippen molar-refractivity contribution in [3.05, 3.63) is 28.2 Å². The van der Waals surface area contributed by atoms with E-state index in [-0.39, 0.29) is 12.6 Å². The summed E-state index contributed by atoms with van der Waals surface area (Å²) in [4.78, 5) is 0. The molecule has 0 aromatic heterocycles. The first-order valence-electron chi connectivity index (χ1n) is 4.73. The zero-order chi connectivity index (χ0) is 11.3. The van der Waals surface area contributed by atoms with Crippen molar-refractivity contribution in [2.24, 2.45) is 5.73 Å². The molecule has 80 valence electrons. The van der Waals surface area contributed by atoms with Crippen LogP contribution in [0.5, 0.6) is 5.75 Å². The van der Waals surface area contributed by atoms with Gasteiger partial charge in [-0.05, 0) is 37.1 Å². The van der Waals surface area contributed by atoms with E-state index in [1.807, 2.05) is 25.1 Å². The highest BCUT2D eigenvalue weighted by atomic mass is 79.9. The molecule has 0 bridgehead atoms. The van der Waals surface area contributed by atoms with E-state index >= 15 is 0 Å². The Kier molecular flexibility index (Phi) is 4.67. The van der Waals surface area contributed by atoms with Crippen LogP contribution in [-0.4, -0.2) is 12.6 Å². The van der Waals surface area contributed by atoms with Crippen molar-refractivity contribution in [2.45, 2.75) is 19.4 Å². The number of halogens is 1. The topological polar surface area (TPSA) is 35.2 Å². The van der Waals surface area contributed by atoms with Crippen molar-refractivity contribution in [1.82, 2.24) is 0 Å². The average molecular weight is 268 g/mol. The second-order valence-electron chi connectivity index (χ2n) is 3.43. The van der Waals surface area contributed by atoms with Crippen molar-refractivity contribution < 1.29 is 4.74 Å². The molecule has 0 saturated carbocycles. The number of nitrogens with two attached hydrogens (primary N) is 1. The summed E-state index contributed by atoms with van der Waals surface area (Å²) >= 11 is 3.42. The highest BCUT2D eigenvalue weighted by molar-refractivity contribution is 9.10. The highest BCUT2D eigenvalue weighted by Gasteiger charge is 2.06. The van der Waals surface area contributed by atoms with E-state index in [1.165, 1.54) is 0 Å². The zero-order valence-corrected chi connectivity index (χ0v) is 10.3. The van der Waals surface area contributed by atoms with Gasteiger partial charge in [0.15, 0.2) is 0 Å². The van der Waals surface area contributed by atoms with Crippen molar-refractivity contribution in [2.75, 3.05) is 6.61 Å². The summed E-state index contributed by atoms with van der Waals surface area (Å²) in [6.07, 6.45) is 5.93. The van der Waals surface area contributed by atoms with E-state index in [0.717, 1.165) is 22.2 Å². The third-order valence-electron chi connectivity index (χ3n) is 1.88. The van der Waals surface area contributed by atoms with E-state index in [1.54, 1.807) is 0 Å². The summed E-state index contributed by atoms with van der Waals surface area (Å²) in [6.45, 7) is 2.25. The van der Waals surface area contributed by atoms with Gasteiger partial charge in [0.05, 0.1) is 0 Å². The van der Waals surface area contributed by atoms with E-state index in [9.17, 15) is 0 Å². The lowest BCUT2D eigenvalue weighted by atomic mass is 10.1. The van der Waals surface area contributed by atoms with Gasteiger partial charge < -0.3 is 10.5 Å². The molecule has 1 atom stereocenters. The summed E-state index contributed by atoms with van der Waals surface area (Å²) in [5.74, 6) is 3.26. The van der Waals surface area contributed by atoms with Crippen molar-refractivity contribution in [1.29, 1.82) is 0 Å². The Labute approximate surface area is 98.9 Å². The summed E-state index contributed by atoms with van der Waals surface area (Å²) in [5.41, 5.74) is 6.84. The minimum atomic E-state index is 0.104. The summed E-state index contributed by atoms with van der Waals surface area (Å²) in [6, 6.07) is 5.94. The predicted molar refractivity (Wildman–Crippen MR) is 65.8 cm³/mol. The molecule has 0 fully saturated rings. The molecular weight excluding hydrogens is 254 g/mol. The van der Waals surface area contributed by atoms with Crippen molar-refractivity contribution in [3.63, 3.8) is 0 Å². The van der Waals surface area contributed by atoms with Crippen LogP contribution in [0.4, 0.5) is 0 Å². The number of rotatable bonds is 4. The van der Waals surface area contributed by atoms with Crippen molar-refractivity contribution >= 4 is 15.9 Å². The van der Waals surface area contributed by atoms with E-state index in [0.29, 0.717) is 0 Å². The first kappa shape index (κ1) is 12.1. The van der Waals surface area contributed by atoms with Gasteiger partial charge in [0.1, 0.15) is 12.4 Å². The van der Waals surface area contributed by atoms with Gasteiger partial charge in [0.25, 0.3) is 0 Å². The molecule has 0 aliphatic rings. The molecule has 0 saturated heterocycles. The molecule has 1 aromatic rings. The van der Waals surface area contributed by atoms with Gasteiger partial charge in [0, 0.05) is 10.5 Å². The molecule has 0 radical (unpaired) electrons. The molecule has 2 N–H and O–H groups in total. The highest BCUT2D eigenvalue weighted by Crippen LogP contribution is 2.24. The van der Waals surface area contributed by atoms with Crippen LogP contribution in [0.1, 0.15) is 12.5 Å². The number of benzene rings is 1. The maximum atomic E-state index is 5.76. The summed E-state index contributed by atoms with van der Waals surface area (Å²) in [7, 11) is 0. The van der Waals surface area contributed by atoms with Gasteiger partial charge in [0.2, 0.25) is 0 Å². The lowest BCUT2D eigenvalue weighted by Crippen LogP contribution is -2.18.